The fourth-order valence-electron chi connectivity index (χ4n) is 3.41. The van der Waals surface area contributed by atoms with Crippen LogP contribution in [0.4, 0.5) is 10.5 Å². The van der Waals surface area contributed by atoms with Crippen LogP contribution in [0.5, 0.6) is 0 Å². The van der Waals surface area contributed by atoms with Crippen molar-refractivity contribution in [3.8, 4) is 0 Å². The number of imide groups is 1. The fraction of sp³-hybridized carbons (Fsp3) is 0.130. The molecule has 28 heavy (non-hydrogen) atoms. The SMILES string of the molecule is Cc1ccc(N2C(=O)C3C=CC=CC3=[N+](CC(=O)c3ccccc3)C2=O)cc1. The molecule has 0 bridgehead atoms. The lowest BCUT2D eigenvalue weighted by molar-refractivity contribution is -0.413. The average Bonchev–Trinajstić information content (AvgIpc) is 2.73. The van der Waals surface area contributed by atoms with Crippen LogP contribution in [0.1, 0.15) is 15.9 Å². The average molecular weight is 371 g/mol. The van der Waals surface area contributed by atoms with E-state index in [4.69, 9.17) is 0 Å². The molecule has 4 rings (SSSR count). The van der Waals surface area contributed by atoms with Crippen molar-refractivity contribution in [3.05, 3.63) is 90.0 Å². The largest absolute Gasteiger partial charge is 0.506 e. The normalized spacial score (nSPS) is 18.5. The zero-order chi connectivity index (χ0) is 19.7. The Bertz CT molecular complexity index is 1050. The Labute approximate surface area is 162 Å². The number of aryl methyl sites for hydroxylation is 1. The van der Waals surface area contributed by atoms with Crippen molar-refractivity contribution in [1.82, 2.24) is 0 Å². The lowest BCUT2D eigenvalue weighted by Crippen LogP contribution is -2.55. The molecule has 1 aliphatic carbocycles. The van der Waals surface area contributed by atoms with Gasteiger partial charge in [-0.3, -0.25) is 4.79 Å². The zero-order valence-corrected chi connectivity index (χ0v) is 15.4. The molecule has 5 heteroatoms. The molecule has 2 aliphatic rings. The van der Waals surface area contributed by atoms with E-state index in [1.807, 2.05) is 25.1 Å². The van der Waals surface area contributed by atoms with Gasteiger partial charge in [0.2, 0.25) is 5.78 Å². The predicted octanol–water partition coefficient (Wildman–Crippen LogP) is 3.54. The van der Waals surface area contributed by atoms with Crippen LogP contribution in [0.3, 0.4) is 0 Å². The van der Waals surface area contributed by atoms with Gasteiger partial charge in [-0.2, -0.15) is 9.37 Å². The van der Waals surface area contributed by atoms with Crippen molar-refractivity contribution in [2.75, 3.05) is 11.4 Å². The van der Waals surface area contributed by atoms with Gasteiger partial charge < -0.3 is 0 Å². The lowest BCUT2D eigenvalue weighted by atomic mass is 9.94. The standard InChI is InChI=1S/C23H19N2O3/c1-16-11-13-18(14-12-16)25-22(27)19-9-5-6-10-20(19)24(23(25)28)15-21(26)17-7-3-2-4-8-17/h2-14,19H,15H2,1H3/q+1. The van der Waals surface area contributed by atoms with E-state index in [1.165, 1.54) is 4.58 Å². The predicted molar refractivity (Wildman–Crippen MR) is 107 cm³/mol. The third-order valence-electron chi connectivity index (χ3n) is 4.91. The van der Waals surface area contributed by atoms with E-state index in [-0.39, 0.29) is 18.2 Å². The van der Waals surface area contributed by atoms with E-state index in [9.17, 15) is 14.4 Å². The number of urea groups is 1. The summed E-state index contributed by atoms with van der Waals surface area (Å²) < 4.78 is 1.40. The number of hydrogen-bond donors (Lipinski definition) is 0. The second-order valence-corrected chi connectivity index (χ2v) is 6.81. The number of amides is 3. The Morgan fingerprint density at radius 2 is 1.71 bits per heavy atom. The van der Waals surface area contributed by atoms with Crippen molar-refractivity contribution in [2.45, 2.75) is 6.92 Å². The smallest absolute Gasteiger partial charge is 0.290 e. The van der Waals surface area contributed by atoms with Gasteiger partial charge in [-0.05, 0) is 25.1 Å². The van der Waals surface area contributed by atoms with E-state index in [1.54, 1.807) is 60.7 Å². The molecule has 138 valence electrons. The van der Waals surface area contributed by atoms with Crippen LogP contribution >= 0.6 is 0 Å². The molecule has 1 aliphatic heterocycles. The van der Waals surface area contributed by atoms with Crippen molar-refractivity contribution >= 4 is 29.1 Å². The summed E-state index contributed by atoms with van der Waals surface area (Å²) in [6.45, 7) is 1.82. The molecule has 0 N–H and O–H groups in total. The van der Waals surface area contributed by atoms with Crippen LogP contribution in [-0.4, -0.2) is 34.6 Å². The number of Topliss-reactive ketones (excluding diaryl/α,β-unsaturated/α-hetero) is 1. The number of hydrogen-bond acceptors (Lipinski definition) is 3. The van der Waals surface area contributed by atoms with Crippen molar-refractivity contribution in [1.29, 1.82) is 0 Å². The monoisotopic (exact) mass is 371 g/mol. The number of benzene rings is 2. The highest BCUT2D eigenvalue weighted by Gasteiger charge is 2.48. The molecule has 0 saturated carbocycles. The highest BCUT2D eigenvalue weighted by Crippen LogP contribution is 2.25. The third-order valence-corrected chi connectivity index (χ3v) is 4.91. The first-order valence-electron chi connectivity index (χ1n) is 9.08. The quantitative estimate of drug-likeness (QED) is 0.610. The van der Waals surface area contributed by atoms with Crippen molar-refractivity contribution in [2.24, 2.45) is 5.92 Å². The Kier molecular flexibility index (Phi) is 4.57. The summed E-state index contributed by atoms with van der Waals surface area (Å²) >= 11 is 0. The number of fused-ring (bicyclic) bond motifs is 1. The first kappa shape index (κ1) is 17.8. The number of carbonyl (C=O) groups excluding carboxylic acids is 3. The summed E-state index contributed by atoms with van der Waals surface area (Å²) in [6.07, 6.45) is 7.04. The van der Waals surface area contributed by atoms with Gasteiger partial charge in [0, 0.05) is 5.56 Å². The van der Waals surface area contributed by atoms with E-state index in [0.717, 1.165) is 10.5 Å². The van der Waals surface area contributed by atoms with Gasteiger partial charge in [-0.25, -0.2) is 4.79 Å². The molecule has 0 radical (unpaired) electrons. The van der Waals surface area contributed by atoms with Crippen LogP contribution in [-0.2, 0) is 4.79 Å². The molecule has 2 aromatic rings. The Hall–Kier alpha value is -3.60. The summed E-state index contributed by atoms with van der Waals surface area (Å²) in [5.74, 6) is -1.08. The van der Waals surface area contributed by atoms with E-state index in [0.29, 0.717) is 17.0 Å². The van der Waals surface area contributed by atoms with Gasteiger partial charge in [0.15, 0.2) is 6.54 Å². The molecular formula is C23H19N2O3+. The molecule has 0 spiro atoms. The number of rotatable bonds is 4. The van der Waals surface area contributed by atoms with Gasteiger partial charge in [0.05, 0.1) is 0 Å². The molecule has 3 amide bonds. The van der Waals surface area contributed by atoms with Crippen LogP contribution < -0.4 is 4.90 Å². The molecule has 0 fully saturated rings. The molecule has 5 nitrogen and oxygen atoms in total. The second kappa shape index (κ2) is 7.19. The number of anilines is 1. The molecule has 0 saturated heterocycles. The highest BCUT2D eigenvalue weighted by atomic mass is 16.2. The minimum Gasteiger partial charge on any atom is -0.290 e. The number of carbonyl (C=O) groups is 3. The first-order chi connectivity index (χ1) is 13.6. The third kappa shape index (κ3) is 3.11. The van der Waals surface area contributed by atoms with Crippen molar-refractivity contribution in [3.63, 3.8) is 0 Å². The Morgan fingerprint density at radius 1 is 1.00 bits per heavy atom. The van der Waals surface area contributed by atoms with E-state index < -0.39 is 11.9 Å². The minimum absolute atomic E-state index is 0.123. The maximum Gasteiger partial charge on any atom is 0.506 e. The fourth-order valence-corrected chi connectivity index (χ4v) is 3.41. The summed E-state index contributed by atoms with van der Waals surface area (Å²) in [5, 5.41) is 0. The van der Waals surface area contributed by atoms with Gasteiger partial charge >= 0.3 is 11.9 Å². The maximum absolute atomic E-state index is 13.2. The lowest BCUT2D eigenvalue weighted by Gasteiger charge is -2.26. The van der Waals surface area contributed by atoms with E-state index in [2.05, 4.69) is 0 Å². The maximum atomic E-state index is 13.2. The minimum atomic E-state index is -0.590. The highest BCUT2D eigenvalue weighted by molar-refractivity contribution is 6.26. The Morgan fingerprint density at radius 3 is 2.43 bits per heavy atom. The molecular weight excluding hydrogens is 352 g/mol. The first-order valence-corrected chi connectivity index (χ1v) is 9.08. The molecule has 1 heterocycles. The molecule has 2 aromatic carbocycles. The van der Waals surface area contributed by atoms with E-state index >= 15 is 0 Å². The van der Waals surface area contributed by atoms with Gasteiger partial charge in [0.25, 0.3) is 0 Å². The van der Waals surface area contributed by atoms with Crippen LogP contribution in [0, 0.1) is 12.8 Å². The summed E-state index contributed by atoms with van der Waals surface area (Å²) in [4.78, 5) is 40.2. The summed E-state index contributed by atoms with van der Waals surface area (Å²) in [7, 11) is 0. The summed E-state index contributed by atoms with van der Waals surface area (Å²) in [6, 6.07) is 15.5. The number of ketones is 1. The Balaban J connectivity index is 1.76. The van der Waals surface area contributed by atoms with Gasteiger partial charge in [-0.1, -0.05) is 66.3 Å². The topological polar surface area (TPSA) is 57.5 Å². The molecule has 1 unspecified atom stereocenters. The van der Waals surface area contributed by atoms with Gasteiger partial charge in [-0.15, -0.1) is 4.90 Å². The van der Waals surface area contributed by atoms with Crippen LogP contribution in [0.2, 0.25) is 0 Å². The molecule has 0 aromatic heterocycles. The number of nitrogens with zero attached hydrogens (tertiary/aromatic N) is 2. The molecule has 1 atom stereocenters. The van der Waals surface area contributed by atoms with Crippen LogP contribution in [0.25, 0.3) is 0 Å². The number of allylic oxidation sites excluding steroid dienone is 3. The van der Waals surface area contributed by atoms with Crippen LogP contribution in [0.15, 0.2) is 78.9 Å². The van der Waals surface area contributed by atoms with Crippen molar-refractivity contribution < 1.29 is 19.0 Å². The second-order valence-electron chi connectivity index (χ2n) is 6.81. The zero-order valence-electron chi connectivity index (χ0n) is 15.4. The van der Waals surface area contributed by atoms with Gasteiger partial charge in [0.1, 0.15) is 17.3 Å². The summed E-state index contributed by atoms with van der Waals surface area (Å²) in [5.41, 5.74) is 2.59.